The van der Waals surface area contributed by atoms with Gasteiger partial charge < -0.3 is 10.2 Å². The first-order valence-electron chi connectivity index (χ1n) is 13.9. The highest BCUT2D eigenvalue weighted by atomic mass is 32.2. The zero-order valence-electron chi connectivity index (χ0n) is 24.2. The Balaban J connectivity index is 1.89. The molecule has 3 aromatic carbocycles. The molecule has 0 aliphatic heterocycles. The van der Waals surface area contributed by atoms with E-state index in [4.69, 9.17) is 0 Å². The molecule has 9 heteroatoms. The molecule has 0 saturated carbocycles. The van der Waals surface area contributed by atoms with Crippen molar-refractivity contribution in [3.63, 3.8) is 0 Å². The number of rotatable bonds is 14. The second kappa shape index (κ2) is 14.8. The van der Waals surface area contributed by atoms with E-state index in [1.807, 2.05) is 63.2 Å². The summed E-state index contributed by atoms with van der Waals surface area (Å²) in [6, 6.07) is 21.7. The van der Waals surface area contributed by atoms with Gasteiger partial charge in [-0.2, -0.15) is 0 Å². The summed E-state index contributed by atoms with van der Waals surface area (Å²) in [4.78, 5) is 28.8. The number of carbonyl (C=O) groups is 2. The minimum absolute atomic E-state index is 0.0196. The first-order valence-corrected chi connectivity index (χ1v) is 15.8. The first-order chi connectivity index (χ1) is 19.5. The van der Waals surface area contributed by atoms with Gasteiger partial charge in [0.15, 0.2) is 0 Å². The number of anilines is 1. The third-order valence-electron chi connectivity index (χ3n) is 7.04. The highest BCUT2D eigenvalue weighted by Gasteiger charge is 2.31. The topological polar surface area (TPSA) is 86.8 Å². The van der Waals surface area contributed by atoms with Gasteiger partial charge in [0.2, 0.25) is 21.8 Å². The third-order valence-corrected chi connectivity index (χ3v) is 8.24. The predicted octanol–water partition coefficient (Wildman–Crippen LogP) is 5.24. The van der Waals surface area contributed by atoms with Gasteiger partial charge in [0.1, 0.15) is 11.9 Å². The monoisotopic (exact) mass is 581 g/mol. The van der Waals surface area contributed by atoms with Crippen LogP contribution in [-0.2, 0) is 32.6 Å². The lowest BCUT2D eigenvalue weighted by Crippen LogP contribution is -2.52. The molecule has 41 heavy (non-hydrogen) atoms. The maximum atomic E-state index is 14.8. The van der Waals surface area contributed by atoms with E-state index in [2.05, 4.69) is 5.32 Å². The van der Waals surface area contributed by atoms with Crippen molar-refractivity contribution in [2.45, 2.75) is 65.1 Å². The third kappa shape index (κ3) is 9.42. The summed E-state index contributed by atoms with van der Waals surface area (Å²) in [6.45, 7) is 5.77. The Hall–Kier alpha value is -3.72. The fourth-order valence-corrected chi connectivity index (χ4v) is 5.49. The van der Waals surface area contributed by atoms with Crippen molar-refractivity contribution in [1.82, 2.24) is 10.2 Å². The second-order valence-corrected chi connectivity index (χ2v) is 12.3. The Labute approximate surface area is 243 Å². The van der Waals surface area contributed by atoms with E-state index in [1.165, 1.54) is 15.3 Å². The summed E-state index contributed by atoms with van der Waals surface area (Å²) in [6.07, 6.45) is 2.30. The Morgan fingerprint density at radius 3 is 2.20 bits per heavy atom. The first kappa shape index (κ1) is 31.8. The molecule has 0 heterocycles. The molecule has 3 aromatic rings. The smallest absolute Gasteiger partial charge is 0.243 e. The van der Waals surface area contributed by atoms with Crippen molar-refractivity contribution < 1.29 is 22.4 Å². The molecule has 0 aromatic heterocycles. The van der Waals surface area contributed by atoms with Crippen molar-refractivity contribution in [3.05, 3.63) is 101 Å². The van der Waals surface area contributed by atoms with E-state index in [0.29, 0.717) is 17.7 Å². The quantitative estimate of drug-likeness (QED) is 0.282. The van der Waals surface area contributed by atoms with Crippen LogP contribution in [-0.4, -0.2) is 50.0 Å². The number of carbonyl (C=O) groups excluding carboxylic acids is 2. The zero-order valence-corrected chi connectivity index (χ0v) is 25.0. The van der Waals surface area contributed by atoms with E-state index in [0.717, 1.165) is 17.4 Å². The molecule has 0 saturated heterocycles. The fraction of sp³-hybridized carbons (Fsp3) is 0.375. The molecule has 1 N–H and O–H groups in total. The second-order valence-electron chi connectivity index (χ2n) is 10.4. The van der Waals surface area contributed by atoms with Gasteiger partial charge in [-0.05, 0) is 50.5 Å². The minimum Gasteiger partial charge on any atom is -0.352 e. The van der Waals surface area contributed by atoms with Crippen LogP contribution in [0.4, 0.5) is 10.1 Å². The highest BCUT2D eigenvalue weighted by molar-refractivity contribution is 7.92. The molecule has 0 spiro atoms. The lowest BCUT2D eigenvalue weighted by molar-refractivity contribution is -0.141. The van der Waals surface area contributed by atoms with Gasteiger partial charge in [-0.3, -0.25) is 13.9 Å². The predicted molar refractivity (Wildman–Crippen MR) is 161 cm³/mol. The van der Waals surface area contributed by atoms with Crippen molar-refractivity contribution in [2.75, 3.05) is 17.1 Å². The molecular weight excluding hydrogens is 541 g/mol. The van der Waals surface area contributed by atoms with Crippen molar-refractivity contribution >= 4 is 27.5 Å². The minimum atomic E-state index is -3.60. The number of aryl methyl sites for hydroxylation is 1. The number of benzene rings is 3. The van der Waals surface area contributed by atoms with E-state index >= 15 is 0 Å². The summed E-state index contributed by atoms with van der Waals surface area (Å²) < 4.78 is 41.2. The molecule has 2 amide bonds. The van der Waals surface area contributed by atoms with Crippen LogP contribution in [0.2, 0.25) is 0 Å². The van der Waals surface area contributed by atoms with Gasteiger partial charge in [0, 0.05) is 37.5 Å². The summed E-state index contributed by atoms with van der Waals surface area (Å²) in [7, 11) is -3.60. The van der Waals surface area contributed by atoms with E-state index < -0.39 is 21.9 Å². The van der Waals surface area contributed by atoms with Crippen LogP contribution in [0, 0.1) is 12.7 Å². The number of nitrogens with one attached hydrogen (secondary N) is 1. The molecule has 2 atom stereocenters. The van der Waals surface area contributed by atoms with Gasteiger partial charge in [0.05, 0.1) is 11.9 Å². The van der Waals surface area contributed by atoms with E-state index in [9.17, 15) is 22.4 Å². The average Bonchev–Trinajstić information content (AvgIpc) is 2.94. The van der Waals surface area contributed by atoms with Gasteiger partial charge in [0.25, 0.3) is 0 Å². The van der Waals surface area contributed by atoms with Crippen LogP contribution in [0.3, 0.4) is 0 Å². The van der Waals surface area contributed by atoms with Crippen molar-refractivity contribution in [2.24, 2.45) is 0 Å². The van der Waals surface area contributed by atoms with Crippen LogP contribution in [0.1, 0.15) is 49.8 Å². The maximum Gasteiger partial charge on any atom is 0.243 e. The van der Waals surface area contributed by atoms with Crippen molar-refractivity contribution in [1.29, 1.82) is 0 Å². The van der Waals surface area contributed by atoms with E-state index in [1.54, 1.807) is 30.3 Å². The van der Waals surface area contributed by atoms with Gasteiger partial charge in [-0.25, -0.2) is 12.8 Å². The fourth-order valence-electron chi connectivity index (χ4n) is 4.52. The van der Waals surface area contributed by atoms with Crippen LogP contribution in [0.25, 0.3) is 0 Å². The normalized spacial score (nSPS) is 12.8. The number of nitrogens with zero attached hydrogens (tertiary/aromatic N) is 2. The van der Waals surface area contributed by atoms with Crippen molar-refractivity contribution in [3.8, 4) is 0 Å². The van der Waals surface area contributed by atoms with Gasteiger partial charge in [-0.15, -0.1) is 0 Å². The van der Waals surface area contributed by atoms with E-state index in [-0.39, 0.29) is 50.2 Å². The molecule has 220 valence electrons. The Morgan fingerprint density at radius 1 is 0.951 bits per heavy atom. The summed E-state index contributed by atoms with van der Waals surface area (Å²) in [5, 5.41) is 2.99. The Kier molecular flexibility index (Phi) is 11.5. The summed E-state index contributed by atoms with van der Waals surface area (Å²) in [5.74, 6) is -1.13. The van der Waals surface area contributed by atoms with Crippen LogP contribution in [0.5, 0.6) is 0 Å². The number of amides is 2. The standard InChI is InChI=1S/C32H40FN3O4S/c1-5-25(3)34-32(38)30(22-26-12-7-6-8-13-26)35(23-27-14-9-10-15-29(27)33)31(37)16-11-21-36(41(4,39)40)28-19-17-24(2)18-20-28/h6-10,12-15,17-20,25,30H,5,11,16,21-23H2,1-4H3,(H,34,38)/t25-,30+/m1/s1. The largest absolute Gasteiger partial charge is 0.352 e. The molecule has 0 fully saturated rings. The van der Waals surface area contributed by atoms with Crippen LogP contribution in [0.15, 0.2) is 78.9 Å². The molecule has 0 unspecified atom stereocenters. The Morgan fingerprint density at radius 2 is 1.59 bits per heavy atom. The summed E-state index contributed by atoms with van der Waals surface area (Å²) >= 11 is 0. The number of sulfonamides is 1. The molecule has 0 bridgehead atoms. The van der Waals surface area contributed by atoms with Gasteiger partial charge in [-0.1, -0.05) is 73.2 Å². The van der Waals surface area contributed by atoms with Crippen LogP contribution >= 0.6 is 0 Å². The highest BCUT2D eigenvalue weighted by Crippen LogP contribution is 2.21. The molecule has 7 nitrogen and oxygen atoms in total. The lowest BCUT2D eigenvalue weighted by atomic mass is 10.0. The molecular formula is C32H40FN3O4S. The van der Waals surface area contributed by atoms with Gasteiger partial charge >= 0.3 is 0 Å². The SMILES string of the molecule is CC[C@@H](C)NC(=O)[C@H](Cc1ccccc1)N(Cc1ccccc1F)C(=O)CCCN(c1ccc(C)cc1)S(C)(=O)=O. The lowest BCUT2D eigenvalue weighted by Gasteiger charge is -2.33. The maximum absolute atomic E-state index is 14.8. The molecule has 0 aliphatic carbocycles. The Bertz CT molecular complexity index is 1400. The number of halogens is 1. The average molecular weight is 582 g/mol. The summed E-state index contributed by atoms with van der Waals surface area (Å²) in [5.41, 5.74) is 2.68. The number of hydrogen-bond acceptors (Lipinski definition) is 4. The molecule has 3 rings (SSSR count). The zero-order chi connectivity index (χ0) is 30.0. The van der Waals surface area contributed by atoms with Crippen LogP contribution < -0.4 is 9.62 Å². The number of hydrogen-bond donors (Lipinski definition) is 1. The molecule has 0 radical (unpaired) electrons. The molecule has 0 aliphatic rings.